The zero-order chi connectivity index (χ0) is 18.0. The summed E-state index contributed by atoms with van der Waals surface area (Å²) in [6.45, 7) is 2.55. The van der Waals surface area contributed by atoms with Crippen molar-refractivity contribution in [1.82, 2.24) is 14.7 Å². The number of hydrogen-bond donors (Lipinski definition) is 0. The highest BCUT2D eigenvalue weighted by molar-refractivity contribution is 6.30. The molecule has 2 atom stereocenters. The van der Waals surface area contributed by atoms with E-state index in [9.17, 15) is 4.79 Å². The smallest absolute Gasteiger partial charge is 0.247 e. The fourth-order valence-corrected chi connectivity index (χ4v) is 3.48. The number of hydrogen-bond acceptors (Lipinski definition) is 4. The molecule has 3 rings (SSSR count). The van der Waals surface area contributed by atoms with Gasteiger partial charge >= 0.3 is 0 Å². The van der Waals surface area contributed by atoms with E-state index in [2.05, 4.69) is 5.10 Å². The number of benzene rings is 1. The highest BCUT2D eigenvalue weighted by Crippen LogP contribution is 2.39. The second-order valence-electron chi connectivity index (χ2n) is 6.11. The van der Waals surface area contributed by atoms with Crippen LogP contribution in [0.3, 0.4) is 0 Å². The van der Waals surface area contributed by atoms with Crippen LogP contribution in [0.15, 0.2) is 30.6 Å². The Morgan fingerprint density at radius 3 is 2.80 bits per heavy atom. The van der Waals surface area contributed by atoms with Gasteiger partial charge in [-0.15, -0.1) is 0 Å². The van der Waals surface area contributed by atoms with Crippen LogP contribution in [0.5, 0.6) is 11.5 Å². The molecule has 2 heterocycles. The number of aromatic nitrogens is 2. The first-order chi connectivity index (χ1) is 12.0. The van der Waals surface area contributed by atoms with Crippen molar-refractivity contribution in [2.24, 2.45) is 0 Å². The van der Waals surface area contributed by atoms with Gasteiger partial charge in [0.2, 0.25) is 5.91 Å². The highest BCUT2D eigenvalue weighted by atomic mass is 35.5. The molecule has 1 aliphatic rings. The van der Waals surface area contributed by atoms with Crippen LogP contribution in [0, 0.1) is 0 Å². The minimum atomic E-state index is -0.412. The average molecular weight is 364 g/mol. The number of likely N-dealkylation sites (tertiary alicyclic amines) is 1. The summed E-state index contributed by atoms with van der Waals surface area (Å²) in [5.41, 5.74) is 0.971. The lowest BCUT2D eigenvalue weighted by atomic mass is 10.0. The van der Waals surface area contributed by atoms with E-state index in [4.69, 9.17) is 21.1 Å². The molecule has 134 valence electrons. The third-order valence-electron chi connectivity index (χ3n) is 4.66. The van der Waals surface area contributed by atoms with Crippen molar-refractivity contribution in [3.8, 4) is 11.5 Å². The molecule has 0 spiro atoms. The lowest BCUT2D eigenvalue weighted by Crippen LogP contribution is -2.36. The molecular formula is C18H22ClN3O3. The number of amides is 1. The van der Waals surface area contributed by atoms with Gasteiger partial charge < -0.3 is 14.4 Å². The van der Waals surface area contributed by atoms with Gasteiger partial charge in [-0.3, -0.25) is 9.48 Å². The molecule has 6 nitrogen and oxygen atoms in total. The summed E-state index contributed by atoms with van der Waals surface area (Å²) in [5, 5.41) is 4.68. The Labute approximate surface area is 152 Å². The van der Waals surface area contributed by atoms with Crippen molar-refractivity contribution < 1.29 is 14.3 Å². The number of halogens is 1. The average Bonchev–Trinajstić information content (AvgIpc) is 3.28. The maximum atomic E-state index is 13.0. The maximum absolute atomic E-state index is 13.0. The standard InChI is InChI=1S/C18H22ClN3O3/c1-12(22-11-13(19)10-20-22)18(23)21-8-4-5-16(21)15-9-14(24-2)6-7-17(15)25-3/h6-7,9-12,16H,4-5,8H2,1-3H3/t12-,16-/m1/s1. The van der Waals surface area contributed by atoms with Crippen LogP contribution in [0.25, 0.3) is 0 Å². The van der Waals surface area contributed by atoms with E-state index in [0.717, 1.165) is 29.9 Å². The summed E-state index contributed by atoms with van der Waals surface area (Å²) in [6, 6.07) is 5.24. The summed E-state index contributed by atoms with van der Waals surface area (Å²) in [6.07, 6.45) is 5.05. The van der Waals surface area contributed by atoms with Crippen LogP contribution in [-0.2, 0) is 4.79 Å². The predicted octanol–water partition coefficient (Wildman–Crippen LogP) is 3.48. The minimum Gasteiger partial charge on any atom is -0.497 e. The Bertz CT molecular complexity index is 762. The molecule has 1 amide bonds. The van der Waals surface area contributed by atoms with Gasteiger partial charge in [0.1, 0.15) is 17.5 Å². The fourth-order valence-electron chi connectivity index (χ4n) is 3.33. The molecular weight excluding hydrogens is 342 g/mol. The molecule has 1 fully saturated rings. The van der Waals surface area contributed by atoms with Crippen LogP contribution >= 0.6 is 11.6 Å². The van der Waals surface area contributed by atoms with E-state index in [1.54, 1.807) is 25.1 Å². The lowest BCUT2D eigenvalue weighted by molar-refractivity contribution is -0.135. The quantitative estimate of drug-likeness (QED) is 0.816. The third kappa shape index (κ3) is 3.44. The van der Waals surface area contributed by atoms with Gasteiger partial charge in [-0.05, 0) is 38.0 Å². The molecule has 0 aliphatic carbocycles. The second-order valence-corrected chi connectivity index (χ2v) is 6.55. The van der Waals surface area contributed by atoms with Crippen LogP contribution in [0.4, 0.5) is 0 Å². The summed E-state index contributed by atoms with van der Waals surface area (Å²) in [5.74, 6) is 1.54. The number of ether oxygens (including phenoxy) is 2. The van der Waals surface area contributed by atoms with Crippen molar-refractivity contribution >= 4 is 17.5 Å². The van der Waals surface area contributed by atoms with Crippen LogP contribution in [0.1, 0.15) is 37.4 Å². The molecule has 0 unspecified atom stereocenters. The molecule has 0 N–H and O–H groups in total. The first-order valence-electron chi connectivity index (χ1n) is 8.27. The Hall–Kier alpha value is -2.21. The third-order valence-corrected chi connectivity index (χ3v) is 4.85. The molecule has 1 aromatic carbocycles. The molecule has 0 radical (unpaired) electrons. The largest absolute Gasteiger partial charge is 0.497 e. The Kier molecular flexibility index (Phi) is 5.18. The van der Waals surface area contributed by atoms with Crippen LogP contribution in [-0.4, -0.2) is 41.4 Å². The van der Waals surface area contributed by atoms with E-state index < -0.39 is 6.04 Å². The highest BCUT2D eigenvalue weighted by Gasteiger charge is 2.35. The monoisotopic (exact) mass is 363 g/mol. The SMILES string of the molecule is COc1ccc(OC)c([C@H]2CCCN2C(=O)[C@@H](C)n2cc(Cl)cn2)c1. The van der Waals surface area contributed by atoms with Gasteiger partial charge in [-0.2, -0.15) is 5.10 Å². The van der Waals surface area contributed by atoms with Crippen molar-refractivity contribution in [3.05, 3.63) is 41.2 Å². The van der Waals surface area contributed by atoms with Gasteiger partial charge in [0.15, 0.2) is 0 Å². The number of carbonyl (C=O) groups is 1. The van der Waals surface area contributed by atoms with Gasteiger partial charge in [-0.25, -0.2) is 0 Å². The Balaban J connectivity index is 1.89. The molecule has 1 saturated heterocycles. The predicted molar refractivity (Wildman–Crippen MR) is 95.2 cm³/mol. The first kappa shape index (κ1) is 17.6. The first-order valence-corrected chi connectivity index (χ1v) is 8.65. The fraction of sp³-hybridized carbons (Fsp3) is 0.444. The van der Waals surface area contributed by atoms with Gasteiger partial charge in [-0.1, -0.05) is 11.6 Å². The lowest BCUT2D eigenvalue weighted by Gasteiger charge is -2.29. The van der Waals surface area contributed by atoms with Crippen LogP contribution in [0.2, 0.25) is 5.02 Å². The van der Waals surface area contributed by atoms with Crippen molar-refractivity contribution in [3.63, 3.8) is 0 Å². The number of methoxy groups -OCH3 is 2. The van der Waals surface area contributed by atoms with E-state index in [-0.39, 0.29) is 11.9 Å². The molecule has 0 saturated carbocycles. The van der Waals surface area contributed by atoms with Gasteiger partial charge in [0, 0.05) is 18.3 Å². The van der Waals surface area contributed by atoms with Crippen molar-refractivity contribution in [2.45, 2.75) is 31.8 Å². The van der Waals surface area contributed by atoms with Crippen LogP contribution < -0.4 is 9.47 Å². The minimum absolute atomic E-state index is 0.0205. The summed E-state index contributed by atoms with van der Waals surface area (Å²) in [7, 11) is 3.27. The normalized spacial score (nSPS) is 18.2. The van der Waals surface area contributed by atoms with E-state index in [1.165, 1.54) is 6.20 Å². The Morgan fingerprint density at radius 1 is 1.36 bits per heavy atom. The molecule has 1 aromatic heterocycles. The molecule has 1 aliphatic heterocycles. The van der Waals surface area contributed by atoms with Crippen molar-refractivity contribution in [2.75, 3.05) is 20.8 Å². The maximum Gasteiger partial charge on any atom is 0.247 e. The van der Waals surface area contributed by atoms with E-state index >= 15 is 0 Å². The van der Waals surface area contributed by atoms with E-state index in [0.29, 0.717) is 11.6 Å². The zero-order valence-electron chi connectivity index (χ0n) is 14.6. The van der Waals surface area contributed by atoms with Gasteiger partial charge in [0.25, 0.3) is 0 Å². The molecule has 0 bridgehead atoms. The number of nitrogens with zero attached hydrogens (tertiary/aromatic N) is 3. The number of rotatable bonds is 5. The summed E-state index contributed by atoms with van der Waals surface area (Å²) >= 11 is 5.93. The molecule has 7 heteroatoms. The summed E-state index contributed by atoms with van der Waals surface area (Å²) in [4.78, 5) is 14.9. The van der Waals surface area contributed by atoms with Crippen molar-refractivity contribution in [1.29, 1.82) is 0 Å². The molecule has 25 heavy (non-hydrogen) atoms. The number of carbonyl (C=O) groups excluding carboxylic acids is 1. The van der Waals surface area contributed by atoms with E-state index in [1.807, 2.05) is 30.0 Å². The molecule has 2 aromatic rings. The topological polar surface area (TPSA) is 56.6 Å². The van der Waals surface area contributed by atoms with Gasteiger partial charge in [0.05, 0.1) is 31.5 Å². The Morgan fingerprint density at radius 2 is 2.16 bits per heavy atom. The summed E-state index contributed by atoms with van der Waals surface area (Å²) < 4.78 is 12.4. The zero-order valence-corrected chi connectivity index (χ0v) is 15.4. The second kappa shape index (κ2) is 7.35.